The van der Waals surface area contributed by atoms with E-state index in [-0.39, 0.29) is 12.1 Å². The van der Waals surface area contributed by atoms with Crippen LogP contribution in [-0.2, 0) is 6.54 Å². The summed E-state index contributed by atoms with van der Waals surface area (Å²) in [7, 11) is 1.62. The van der Waals surface area contributed by atoms with Crippen molar-refractivity contribution in [2.24, 2.45) is 0 Å². The second-order valence-electron chi connectivity index (χ2n) is 6.14. The number of hydrogen-bond acceptors (Lipinski definition) is 3. The smallest absolute Gasteiger partial charge is 0.319 e. The van der Waals surface area contributed by atoms with Crippen molar-refractivity contribution in [1.29, 1.82) is 0 Å². The molecule has 25 heavy (non-hydrogen) atoms. The summed E-state index contributed by atoms with van der Waals surface area (Å²) in [6, 6.07) is 14.9. The summed E-state index contributed by atoms with van der Waals surface area (Å²) in [5.74, 6) is 1.48. The van der Waals surface area contributed by atoms with Crippen molar-refractivity contribution in [3.63, 3.8) is 0 Å². The van der Waals surface area contributed by atoms with Gasteiger partial charge in [0.25, 0.3) is 0 Å². The lowest BCUT2D eigenvalue weighted by atomic mass is 10.2. The van der Waals surface area contributed by atoms with Gasteiger partial charge in [-0.05, 0) is 43.9 Å². The summed E-state index contributed by atoms with van der Waals surface area (Å²) < 4.78 is 11.3. The molecule has 5 heteroatoms. The number of ether oxygens (including phenoxy) is 2. The number of methoxy groups -OCH3 is 1. The van der Waals surface area contributed by atoms with Gasteiger partial charge in [-0.25, -0.2) is 4.79 Å². The minimum absolute atomic E-state index is 0.250. The van der Waals surface area contributed by atoms with Crippen LogP contribution in [0.1, 0.15) is 31.2 Å². The van der Waals surface area contributed by atoms with Crippen molar-refractivity contribution in [2.45, 2.75) is 38.3 Å². The van der Waals surface area contributed by atoms with Crippen LogP contribution < -0.4 is 20.1 Å². The predicted molar refractivity (Wildman–Crippen MR) is 98.2 cm³/mol. The fourth-order valence-corrected chi connectivity index (χ4v) is 3.05. The second-order valence-corrected chi connectivity index (χ2v) is 6.14. The number of urea groups is 1. The van der Waals surface area contributed by atoms with E-state index in [2.05, 4.69) is 10.6 Å². The standard InChI is InChI=1S/C20H24N2O3/c1-24-18-12-6-2-8-15(18)14-21-20(23)22-17-11-5-7-13-19(17)25-16-9-3-4-10-16/h2,5-8,11-13,16H,3-4,9-10,14H2,1H3,(H2,21,22,23). The van der Waals surface area contributed by atoms with Gasteiger partial charge in [0.1, 0.15) is 11.5 Å². The van der Waals surface area contributed by atoms with E-state index < -0.39 is 0 Å². The van der Waals surface area contributed by atoms with Crippen LogP contribution in [0.25, 0.3) is 0 Å². The number of rotatable bonds is 6. The molecular formula is C20H24N2O3. The summed E-state index contributed by atoms with van der Waals surface area (Å²) in [6.45, 7) is 0.390. The molecule has 132 valence electrons. The second kappa shape index (κ2) is 8.42. The summed E-state index contributed by atoms with van der Waals surface area (Å²) in [5.41, 5.74) is 1.61. The van der Waals surface area contributed by atoms with E-state index in [1.807, 2.05) is 48.5 Å². The SMILES string of the molecule is COc1ccccc1CNC(=O)Nc1ccccc1OC1CCCC1. The molecule has 0 spiro atoms. The van der Waals surface area contributed by atoms with Crippen molar-refractivity contribution in [3.05, 3.63) is 54.1 Å². The number of carbonyl (C=O) groups is 1. The Hall–Kier alpha value is -2.69. The van der Waals surface area contributed by atoms with Crippen molar-refractivity contribution in [1.82, 2.24) is 5.32 Å². The third-order valence-corrected chi connectivity index (χ3v) is 4.36. The molecule has 2 N–H and O–H groups in total. The Morgan fingerprint density at radius 3 is 2.48 bits per heavy atom. The Bertz CT molecular complexity index is 712. The molecule has 0 aromatic heterocycles. The molecule has 2 aromatic rings. The largest absolute Gasteiger partial charge is 0.496 e. The maximum absolute atomic E-state index is 12.3. The Kier molecular flexibility index (Phi) is 5.77. The fourth-order valence-electron chi connectivity index (χ4n) is 3.05. The Morgan fingerprint density at radius 2 is 1.72 bits per heavy atom. The third kappa shape index (κ3) is 4.66. The average Bonchev–Trinajstić information content (AvgIpc) is 3.15. The highest BCUT2D eigenvalue weighted by Gasteiger charge is 2.18. The number of benzene rings is 2. The topological polar surface area (TPSA) is 59.6 Å². The van der Waals surface area contributed by atoms with E-state index in [4.69, 9.17) is 9.47 Å². The molecule has 5 nitrogen and oxygen atoms in total. The lowest BCUT2D eigenvalue weighted by molar-refractivity contribution is 0.211. The van der Waals surface area contributed by atoms with E-state index >= 15 is 0 Å². The summed E-state index contributed by atoms with van der Waals surface area (Å²) in [6.07, 6.45) is 4.82. The van der Waals surface area contributed by atoms with E-state index in [9.17, 15) is 4.79 Å². The van der Waals surface area contributed by atoms with Gasteiger partial charge in [0, 0.05) is 12.1 Å². The van der Waals surface area contributed by atoms with E-state index in [0.29, 0.717) is 12.2 Å². The van der Waals surface area contributed by atoms with Gasteiger partial charge in [0.2, 0.25) is 0 Å². The highest BCUT2D eigenvalue weighted by molar-refractivity contribution is 5.90. The lowest BCUT2D eigenvalue weighted by Gasteiger charge is -2.17. The molecule has 1 aliphatic rings. The average molecular weight is 340 g/mol. The maximum Gasteiger partial charge on any atom is 0.319 e. The van der Waals surface area contributed by atoms with Gasteiger partial charge >= 0.3 is 6.03 Å². The van der Waals surface area contributed by atoms with Crippen LogP contribution in [0.4, 0.5) is 10.5 Å². The third-order valence-electron chi connectivity index (χ3n) is 4.36. The molecule has 2 aromatic carbocycles. The van der Waals surface area contributed by atoms with Crippen LogP contribution in [0.5, 0.6) is 11.5 Å². The summed E-state index contributed by atoms with van der Waals surface area (Å²) in [5, 5.41) is 5.73. The fraction of sp³-hybridized carbons (Fsp3) is 0.350. The Labute approximate surface area is 148 Å². The molecular weight excluding hydrogens is 316 g/mol. The predicted octanol–water partition coefficient (Wildman–Crippen LogP) is 4.34. The van der Waals surface area contributed by atoms with Crippen LogP contribution in [0.2, 0.25) is 0 Å². The molecule has 0 unspecified atom stereocenters. The monoisotopic (exact) mass is 340 g/mol. The van der Waals surface area contributed by atoms with Crippen molar-refractivity contribution in [3.8, 4) is 11.5 Å². The molecule has 0 atom stereocenters. The zero-order chi connectivity index (χ0) is 17.5. The van der Waals surface area contributed by atoms with Crippen LogP contribution in [0.3, 0.4) is 0 Å². The summed E-state index contributed by atoms with van der Waals surface area (Å²) >= 11 is 0. The van der Waals surface area contributed by atoms with Gasteiger partial charge < -0.3 is 20.1 Å². The van der Waals surface area contributed by atoms with Crippen molar-refractivity contribution < 1.29 is 14.3 Å². The van der Waals surface area contributed by atoms with Crippen molar-refractivity contribution in [2.75, 3.05) is 12.4 Å². The van der Waals surface area contributed by atoms with E-state index in [1.54, 1.807) is 7.11 Å². The van der Waals surface area contributed by atoms with Gasteiger partial charge in [0.15, 0.2) is 0 Å². The first-order chi connectivity index (χ1) is 12.3. The Balaban J connectivity index is 1.59. The number of carbonyl (C=O) groups excluding carboxylic acids is 1. The molecule has 1 aliphatic carbocycles. The number of amides is 2. The van der Waals surface area contributed by atoms with Crippen molar-refractivity contribution >= 4 is 11.7 Å². The van der Waals surface area contributed by atoms with Gasteiger partial charge in [-0.1, -0.05) is 30.3 Å². The molecule has 0 radical (unpaired) electrons. The molecule has 1 saturated carbocycles. The lowest BCUT2D eigenvalue weighted by Crippen LogP contribution is -2.28. The van der Waals surface area contributed by atoms with Crippen LogP contribution in [0.15, 0.2) is 48.5 Å². The number of anilines is 1. The zero-order valence-corrected chi connectivity index (χ0v) is 14.5. The molecule has 1 fully saturated rings. The van der Waals surface area contributed by atoms with Crippen LogP contribution in [0, 0.1) is 0 Å². The first kappa shape index (κ1) is 17.1. The number of hydrogen-bond donors (Lipinski definition) is 2. The highest BCUT2D eigenvalue weighted by Crippen LogP contribution is 2.29. The minimum atomic E-state index is -0.270. The molecule has 0 saturated heterocycles. The minimum Gasteiger partial charge on any atom is -0.496 e. The highest BCUT2D eigenvalue weighted by atomic mass is 16.5. The van der Waals surface area contributed by atoms with Crippen LogP contribution in [-0.4, -0.2) is 19.2 Å². The van der Waals surface area contributed by atoms with Gasteiger partial charge in [-0.15, -0.1) is 0 Å². The Morgan fingerprint density at radius 1 is 1.04 bits per heavy atom. The maximum atomic E-state index is 12.3. The number of nitrogens with one attached hydrogen (secondary N) is 2. The molecule has 0 bridgehead atoms. The summed E-state index contributed by atoms with van der Waals surface area (Å²) in [4.78, 5) is 12.3. The van der Waals surface area contributed by atoms with Gasteiger partial charge in [-0.3, -0.25) is 0 Å². The molecule has 3 rings (SSSR count). The van der Waals surface area contributed by atoms with Gasteiger partial charge in [-0.2, -0.15) is 0 Å². The van der Waals surface area contributed by atoms with E-state index in [0.717, 1.165) is 29.9 Å². The first-order valence-corrected chi connectivity index (χ1v) is 8.68. The molecule has 2 amide bonds. The van der Waals surface area contributed by atoms with Gasteiger partial charge in [0.05, 0.1) is 18.9 Å². The molecule has 0 heterocycles. The number of para-hydroxylation sites is 3. The van der Waals surface area contributed by atoms with Crippen LogP contribution >= 0.6 is 0 Å². The van der Waals surface area contributed by atoms with E-state index in [1.165, 1.54) is 12.8 Å². The first-order valence-electron chi connectivity index (χ1n) is 8.68. The normalized spacial score (nSPS) is 14.1. The molecule has 0 aliphatic heterocycles. The zero-order valence-electron chi connectivity index (χ0n) is 14.5. The quantitative estimate of drug-likeness (QED) is 0.822.